The van der Waals surface area contributed by atoms with Crippen LogP contribution in [0.3, 0.4) is 0 Å². The molecule has 4 aromatic rings. The first-order valence-corrected chi connectivity index (χ1v) is 24.0. The SMILES string of the molecule is COC(=O)c1ccc(N2CCC3(CC2)CC(N2CCC[C@H]2c2ccccc2C(C)C)C3)cc1N1CCOc2nc3c(ccn3COCC[Si](C)(C)C)cc21. The molecule has 3 fully saturated rings. The van der Waals surface area contributed by atoms with Crippen LogP contribution in [0.5, 0.6) is 5.88 Å². The summed E-state index contributed by atoms with van der Waals surface area (Å²) in [6.07, 6.45) is 9.65. The minimum Gasteiger partial charge on any atom is -0.474 e. The number of benzene rings is 2. The molecule has 1 saturated carbocycles. The summed E-state index contributed by atoms with van der Waals surface area (Å²) in [7, 11) is 0.289. The van der Waals surface area contributed by atoms with E-state index in [-0.39, 0.29) is 5.97 Å². The van der Waals surface area contributed by atoms with Gasteiger partial charge in [0.1, 0.15) is 24.7 Å². The van der Waals surface area contributed by atoms with Crippen LogP contribution in [0.25, 0.3) is 11.0 Å². The van der Waals surface area contributed by atoms with Crippen LogP contribution in [-0.4, -0.2) is 81.0 Å². The van der Waals surface area contributed by atoms with Crippen molar-refractivity contribution in [1.82, 2.24) is 14.5 Å². The van der Waals surface area contributed by atoms with Crippen LogP contribution in [0.15, 0.2) is 60.8 Å². The van der Waals surface area contributed by atoms with E-state index in [1.165, 1.54) is 57.7 Å². The minimum absolute atomic E-state index is 0.338. The first-order chi connectivity index (χ1) is 26.0. The molecule has 8 rings (SSSR count). The molecule has 3 aliphatic heterocycles. The quantitative estimate of drug-likeness (QED) is 0.0854. The summed E-state index contributed by atoms with van der Waals surface area (Å²) < 4.78 is 19.5. The van der Waals surface area contributed by atoms with Gasteiger partial charge in [-0.25, -0.2) is 4.79 Å². The summed E-state index contributed by atoms with van der Waals surface area (Å²) in [5.74, 6) is 0.787. The molecular weight excluding hydrogens is 691 g/mol. The van der Waals surface area contributed by atoms with Crippen LogP contribution in [0.2, 0.25) is 25.7 Å². The van der Waals surface area contributed by atoms with Gasteiger partial charge in [0.25, 0.3) is 0 Å². The smallest absolute Gasteiger partial charge is 0.339 e. The van der Waals surface area contributed by atoms with Gasteiger partial charge in [0.05, 0.1) is 24.9 Å². The van der Waals surface area contributed by atoms with Gasteiger partial charge >= 0.3 is 5.97 Å². The van der Waals surface area contributed by atoms with Crippen LogP contribution < -0.4 is 14.5 Å². The van der Waals surface area contributed by atoms with Gasteiger partial charge in [-0.3, -0.25) is 4.90 Å². The lowest BCUT2D eigenvalue weighted by Crippen LogP contribution is -2.55. The van der Waals surface area contributed by atoms with Crippen molar-refractivity contribution in [3.63, 3.8) is 0 Å². The number of pyridine rings is 1. The number of methoxy groups -OCH3 is 1. The molecule has 0 N–H and O–H groups in total. The van der Waals surface area contributed by atoms with Gasteiger partial charge in [0.2, 0.25) is 5.88 Å². The number of carbonyl (C=O) groups is 1. The van der Waals surface area contributed by atoms with Crippen LogP contribution in [-0.2, 0) is 16.2 Å². The third kappa shape index (κ3) is 7.29. The zero-order chi connectivity index (χ0) is 37.6. The number of fused-ring (bicyclic) bond motifs is 2. The van der Waals surface area contributed by atoms with Gasteiger partial charge in [0, 0.05) is 57.1 Å². The Labute approximate surface area is 322 Å². The largest absolute Gasteiger partial charge is 0.474 e. The predicted octanol–water partition coefficient (Wildman–Crippen LogP) is 9.38. The number of rotatable bonds is 11. The number of likely N-dealkylation sites (tertiary alicyclic amines) is 1. The number of aromatic nitrogens is 2. The van der Waals surface area contributed by atoms with E-state index in [2.05, 4.69) is 96.7 Å². The number of piperidine rings is 1. The predicted molar refractivity (Wildman–Crippen MR) is 220 cm³/mol. The number of nitrogens with zero attached hydrogens (tertiary/aromatic N) is 5. The van der Waals surface area contributed by atoms with Gasteiger partial charge in [-0.2, -0.15) is 4.98 Å². The lowest BCUT2D eigenvalue weighted by molar-refractivity contribution is -0.0227. The monoisotopic (exact) mass is 749 g/mol. The fourth-order valence-corrected chi connectivity index (χ4v) is 10.3. The first-order valence-electron chi connectivity index (χ1n) is 20.3. The summed E-state index contributed by atoms with van der Waals surface area (Å²) in [5.41, 5.74) is 7.77. The zero-order valence-corrected chi connectivity index (χ0v) is 34.3. The highest BCUT2D eigenvalue weighted by Gasteiger charge is 2.50. The van der Waals surface area contributed by atoms with Crippen molar-refractivity contribution < 1.29 is 19.0 Å². The molecule has 9 nitrogen and oxygen atoms in total. The van der Waals surface area contributed by atoms with Crippen LogP contribution in [0.4, 0.5) is 17.1 Å². The number of anilines is 3. The molecule has 5 heterocycles. The maximum atomic E-state index is 13.2. The number of carbonyl (C=O) groups excluding carboxylic acids is 1. The Balaban J connectivity index is 0.970. The van der Waals surface area contributed by atoms with Crippen molar-refractivity contribution in [2.24, 2.45) is 5.41 Å². The van der Waals surface area contributed by atoms with Crippen molar-refractivity contribution >= 4 is 42.1 Å². The molecule has 0 bridgehead atoms. The van der Waals surface area contributed by atoms with Gasteiger partial charge in [0.15, 0.2) is 0 Å². The van der Waals surface area contributed by atoms with E-state index < -0.39 is 8.07 Å². The van der Waals surface area contributed by atoms with Crippen LogP contribution in [0, 0.1) is 5.41 Å². The summed E-state index contributed by atoms with van der Waals surface area (Å²) in [6, 6.07) is 22.0. The summed E-state index contributed by atoms with van der Waals surface area (Å²) in [6.45, 7) is 17.3. The molecule has 0 radical (unpaired) electrons. The molecule has 4 aliphatic rings. The summed E-state index contributed by atoms with van der Waals surface area (Å²) >= 11 is 0. The average molecular weight is 750 g/mol. The highest BCUT2D eigenvalue weighted by molar-refractivity contribution is 6.76. The first kappa shape index (κ1) is 37.1. The Kier molecular flexibility index (Phi) is 10.3. The third-order valence-electron chi connectivity index (χ3n) is 12.7. The number of esters is 1. The van der Waals surface area contributed by atoms with Crippen molar-refractivity contribution in [3.05, 3.63) is 77.5 Å². The van der Waals surface area contributed by atoms with E-state index in [9.17, 15) is 4.79 Å². The summed E-state index contributed by atoms with van der Waals surface area (Å²) in [5, 5.41) is 1.01. The molecule has 1 spiro atoms. The van der Waals surface area contributed by atoms with E-state index in [1.54, 1.807) is 5.56 Å². The van der Waals surface area contributed by atoms with E-state index in [0.29, 0.717) is 54.7 Å². The average Bonchev–Trinajstić information content (AvgIpc) is 3.80. The van der Waals surface area contributed by atoms with Gasteiger partial charge in [-0.15, -0.1) is 0 Å². The Hall–Kier alpha value is -3.86. The molecule has 1 aliphatic carbocycles. The lowest BCUT2D eigenvalue weighted by Gasteiger charge is -2.56. The topological polar surface area (TPSA) is 72.3 Å². The molecule has 0 unspecified atom stereocenters. The molecule has 2 saturated heterocycles. The molecule has 1 atom stereocenters. The molecule has 0 amide bonds. The second kappa shape index (κ2) is 15.0. The van der Waals surface area contributed by atoms with Crippen LogP contribution in [0.1, 0.15) is 85.8 Å². The highest BCUT2D eigenvalue weighted by Crippen LogP contribution is 2.54. The lowest BCUT2D eigenvalue weighted by atomic mass is 9.59. The van der Waals surface area contributed by atoms with E-state index in [0.717, 1.165) is 53.8 Å². The molecule has 54 heavy (non-hydrogen) atoms. The van der Waals surface area contributed by atoms with Crippen molar-refractivity contribution in [1.29, 1.82) is 0 Å². The third-order valence-corrected chi connectivity index (χ3v) is 14.4. The Morgan fingerprint density at radius 2 is 1.80 bits per heavy atom. The Morgan fingerprint density at radius 1 is 1.00 bits per heavy atom. The maximum absolute atomic E-state index is 13.2. The minimum atomic E-state index is -1.17. The van der Waals surface area contributed by atoms with Gasteiger partial charge in [-0.1, -0.05) is 57.8 Å². The molecule has 10 heteroatoms. The van der Waals surface area contributed by atoms with Crippen molar-refractivity contribution in [2.45, 2.75) is 103 Å². The van der Waals surface area contributed by atoms with E-state index in [4.69, 9.17) is 19.2 Å². The highest BCUT2D eigenvalue weighted by atomic mass is 28.3. The number of ether oxygens (including phenoxy) is 3. The number of hydrogen-bond acceptors (Lipinski definition) is 8. The van der Waals surface area contributed by atoms with Crippen molar-refractivity contribution in [2.75, 3.05) is 56.3 Å². The number of hydrogen-bond donors (Lipinski definition) is 0. The van der Waals surface area contributed by atoms with Gasteiger partial charge in [-0.05, 0) is 104 Å². The summed E-state index contributed by atoms with van der Waals surface area (Å²) in [4.78, 5) is 25.7. The van der Waals surface area contributed by atoms with Crippen LogP contribution >= 0.6 is 0 Å². The molecule has 2 aromatic heterocycles. The normalized spacial score (nSPS) is 20.4. The van der Waals surface area contributed by atoms with Gasteiger partial charge < -0.3 is 28.6 Å². The molecular formula is C44H59N5O4Si. The van der Waals surface area contributed by atoms with Crippen molar-refractivity contribution in [3.8, 4) is 5.88 Å². The maximum Gasteiger partial charge on any atom is 0.339 e. The van der Waals surface area contributed by atoms with E-state index in [1.807, 2.05) is 16.8 Å². The second-order valence-corrected chi connectivity index (χ2v) is 23.4. The fourth-order valence-electron chi connectivity index (χ4n) is 9.58. The van der Waals surface area contributed by atoms with E-state index >= 15 is 0 Å². The molecule has 2 aromatic carbocycles. The standard InChI is InChI=1S/C44H59N5O4Si/c1-31(2)35-10-7-8-11-36(35)38-12-9-18-48(38)34-28-44(29-34)16-20-46(21-17-44)33-13-14-37(43(50)51-3)39(27-33)49-22-23-53-42-40(49)26-32-15-19-47(41(32)45-42)30-52-24-25-54(4,5)6/h7-8,10-11,13-15,19,26-27,31,34,38H,9,12,16-18,20-25,28-30H2,1-6H3/t38-/m0/s1. The fraction of sp³-hybridized carbons (Fsp3) is 0.545. The molecule has 288 valence electrons. The zero-order valence-electron chi connectivity index (χ0n) is 33.3. The second-order valence-electron chi connectivity index (χ2n) is 17.8. The Morgan fingerprint density at radius 3 is 2.56 bits per heavy atom. The Bertz CT molecular complexity index is 1970.